The smallest absolute Gasteiger partial charge is 0.164 e. The number of nitrogens with zero attached hydrogens (tertiary/aromatic N) is 6. The van der Waals surface area contributed by atoms with Crippen LogP contribution in [0.1, 0.15) is 0 Å². The lowest BCUT2D eigenvalue weighted by atomic mass is 9.98. The second kappa shape index (κ2) is 14.6. The topological polar surface area (TPSA) is 77.3 Å². The van der Waals surface area contributed by atoms with Gasteiger partial charge in [0.15, 0.2) is 17.5 Å². The quantitative estimate of drug-likeness (QED) is 0.161. The Kier molecular flexibility index (Phi) is 8.56. The van der Waals surface area contributed by atoms with Crippen molar-refractivity contribution in [3.8, 4) is 78.8 Å². The second-order valence-corrected chi connectivity index (χ2v) is 15.4. The Labute approximate surface area is 344 Å². The number of para-hydroxylation sites is 1. The Balaban J connectivity index is 0.882. The highest BCUT2D eigenvalue weighted by Gasteiger charge is 2.16. The molecule has 6 nitrogen and oxygen atoms in total. The van der Waals surface area contributed by atoms with E-state index in [4.69, 9.17) is 24.9 Å². The fourth-order valence-corrected chi connectivity index (χ4v) is 8.75. The summed E-state index contributed by atoms with van der Waals surface area (Å²) in [6.45, 7) is 0. The molecule has 0 spiro atoms. The Morgan fingerprint density at radius 2 is 0.814 bits per heavy atom. The number of rotatable bonds is 7. The van der Waals surface area contributed by atoms with E-state index in [2.05, 4.69) is 145 Å². The predicted octanol–water partition coefficient (Wildman–Crippen LogP) is 13.2. The number of benzene rings is 7. The number of aromatic nitrogens is 6. The molecule has 276 valence electrons. The van der Waals surface area contributed by atoms with Gasteiger partial charge in [-0.3, -0.25) is 0 Å². The van der Waals surface area contributed by atoms with E-state index >= 15 is 0 Å². The highest BCUT2D eigenvalue weighted by Crippen LogP contribution is 2.39. The third kappa shape index (κ3) is 6.59. The first-order valence-corrected chi connectivity index (χ1v) is 20.2. The van der Waals surface area contributed by atoms with E-state index in [0.29, 0.717) is 17.5 Å². The zero-order chi connectivity index (χ0) is 39.1. The average molecular weight is 773 g/mol. The number of pyridine rings is 1. The lowest BCUT2D eigenvalue weighted by molar-refractivity contribution is 1.07. The fourth-order valence-electron chi connectivity index (χ4n) is 7.62. The second-order valence-electron chi connectivity index (χ2n) is 14.4. The van der Waals surface area contributed by atoms with Gasteiger partial charge in [0.1, 0.15) is 11.2 Å². The van der Waals surface area contributed by atoms with Gasteiger partial charge in [-0.05, 0) is 51.6 Å². The molecule has 0 aliphatic carbocycles. The molecule has 0 saturated heterocycles. The fraction of sp³-hybridized carbons (Fsp3) is 0. The molecule has 7 aromatic carbocycles. The molecule has 0 unspecified atom stereocenters. The monoisotopic (exact) mass is 772 g/mol. The molecule has 59 heavy (non-hydrogen) atoms. The maximum absolute atomic E-state index is 5.03. The number of hydrogen-bond donors (Lipinski definition) is 0. The van der Waals surface area contributed by atoms with E-state index in [1.54, 1.807) is 17.7 Å². The summed E-state index contributed by atoms with van der Waals surface area (Å²) in [7, 11) is 0. The Morgan fingerprint density at radius 1 is 0.339 bits per heavy atom. The summed E-state index contributed by atoms with van der Waals surface area (Å²) >= 11 is 1.65. The van der Waals surface area contributed by atoms with Crippen molar-refractivity contribution in [3.05, 3.63) is 194 Å². The standard InChI is InChI=1S/C52H32N6S/c1-3-10-33(11-4-1)34-24-28-40(29-25-34)50-56-49(39-12-5-2-6-13-39)57-51(58-50)43-16-9-15-41(30-43)37-20-18-35(19-21-37)36-22-26-38(27-23-36)46-48-47(54-32-53-46)44-31-42-14-7-8-17-45(42)55-52(44)59-48/h1-32H. The molecule has 0 saturated carbocycles. The summed E-state index contributed by atoms with van der Waals surface area (Å²) in [5.41, 5.74) is 13.5. The van der Waals surface area contributed by atoms with Crippen LogP contribution in [-0.4, -0.2) is 29.9 Å². The molecule has 0 N–H and O–H groups in total. The molecule has 11 rings (SSSR count). The minimum atomic E-state index is 0.626. The summed E-state index contributed by atoms with van der Waals surface area (Å²) in [6, 6.07) is 65.0. The average Bonchev–Trinajstić information content (AvgIpc) is 3.69. The molecule has 4 aromatic heterocycles. The highest BCUT2D eigenvalue weighted by atomic mass is 32.1. The van der Waals surface area contributed by atoms with Crippen molar-refractivity contribution in [2.24, 2.45) is 0 Å². The van der Waals surface area contributed by atoms with Crippen LogP contribution in [0.15, 0.2) is 194 Å². The minimum Gasteiger partial charge on any atom is -0.237 e. The molecule has 0 aliphatic rings. The molecule has 7 heteroatoms. The Morgan fingerprint density at radius 3 is 1.47 bits per heavy atom. The van der Waals surface area contributed by atoms with E-state index in [-0.39, 0.29) is 0 Å². The van der Waals surface area contributed by atoms with Gasteiger partial charge in [0.2, 0.25) is 0 Å². The molecule has 0 atom stereocenters. The summed E-state index contributed by atoms with van der Waals surface area (Å²) in [4.78, 5) is 30.3. The zero-order valence-corrected chi connectivity index (χ0v) is 32.4. The van der Waals surface area contributed by atoms with Crippen LogP contribution in [0.4, 0.5) is 0 Å². The van der Waals surface area contributed by atoms with E-state index in [9.17, 15) is 0 Å². The molecular formula is C52H32N6S. The highest BCUT2D eigenvalue weighted by molar-refractivity contribution is 7.25. The number of hydrogen-bond acceptors (Lipinski definition) is 7. The molecular weight excluding hydrogens is 741 g/mol. The van der Waals surface area contributed by atoms with Crippen molar-refractivity contribution in [1.29, 1.82) is 0 Å². The summed E-state index contributed by atoms with van der Waals surface area (Å²) < 4.78 is 1.05. The minimum absolute atomic E-state index is 0.626. The molecule has 0 aliphatic heterocycles. The van der Waals surface area contributed by atoms with Crippen LogP contribution in [0.3, 0.4) is 0 Å². The molecule has 0 bridgehead atoms. The number of fused-ring (bicyclic) bond motifs is 4. The summed E-state index contributed by atoms with van der Waals surface area (Å²) in [6.07, 6.45) is 1.66. The lowest BCUT2D eigenvalue weighted by Gasteiger charge is -2.11. The van der Waals surface area contributed by atoms with Crippen LogP contribution < -0.4 is 0 Å². The molecule has 11 aromatic rings. The van der Waals surface area contributed by atoms with E-state index in [1.807, 2.05) is 48.5 Å². The zero-order valence-electron chi connectivity index (χ0n) is 31.6. The van der Waals surface area contributed by atoms with Crippen LogP contribution >= 0.6 is 11.3 Å². The lowest BCUT2D eigenvalue weighted by Crippen LogP contribution is -2.00. The van der Waals surface area contributed by atoms with Crippen LogP contribution in [0.5, 0.6) is 0 Å². The Hall–Kier alpha value is -7.74. The van der Waals surface area contributed by atoms with Gasteiger partial charge in [-0.1, -0.05) is 170 Å². The molecule has 4 heterocycles. The summed E-state index contributed by atoms with van der Waals surface area (Å²) in [5, 5.41) is 2.17. The van der Waals surface area contributed by atoms with Crippen LogP contribution in [0, 0.1) is 0 Å². The van der Waals surface area contributed by atoms with Gasteiger partial charge in [-0.25, -0.2) is 29.9 Å². The van der Waals surface area contributed by atoms with Crippen molar-refractivity contribution < 1.29 is 0 Å². The van der Waals surface area contributed by atoms with Gasteiger partial charge >= 0.3 is 0 Å². The van der Waals surface area contributed by atoms with Crippen LogP contribution in [0.2, 0.25) is 0 Å². The number of thiophene rings is 1. The van der Waals surface area contributed by atoms with Crippen molar-refractivity contribution in [2.45, 2.75) is 0 Å². The van der Waals surface area contributed by atoms with Crippen LogP contribution in [-0.2, 0) is 0 Å². The van der Waals surface area contributed by atoms with E-state index in [0.717, 1.165) is 87.1 Å². The van der Waals surface area contributed by atoms with Crippen molar-refractivity contribution in [1.82, 2.24) is 29.9 Å². The first kappa shape index (κ1) is 34.5. The van der Waals surface area contributed by atoms with Gasteiger partial charge in [0, 0.05) is 33.0 Å². The summed E-state index contributed by atoms with van der Waals surface area (Å²) in [5.74, 6) is 1.89. The third-order valence-electron chi connectivity index (χ3n) is 10.7. The maximum Gasteiger partial charge on any atom is 0.164 e. The third-order valence-corrected chi connectivity index (χ3v) is 11.8. The van der Waals surface area contributed by atoms with Gasteiger partial charge in [0.05, 0.1) is 21.4 Å². The van der Waals surface area contributed by atoms with E-state index in [1.165, 1.54) is 5.56 Å². The van der Waals surface area contributed by atoms with Crippen molar-refractivity contribution in [2.75, 3.05) is 0 Å². The van der Waals surface area contributed by atoms with Crippen molar-refractivity contribution >= 4 is 42.7 Å². The Bertz CT molecular complexity index is 3290. The van der Waals surface area contributed by atoms with Gasteiger partial charge in [-0.15, -0.1) is 11.3 Å². The maximum atomic E-state index is 5.03. The largest absolute Gasteiger partial charge is 0.237 e. The van der Waals surface area contributed by atoms with Gasteiger partial charge < -0.3 is 0 Å². The molecule has 0 radical (unpaired) electrons. The SMILES string of the molecule is c1ccc(-c2ccc(-c3nc(-c4ccccc4)nc(-c4cccc(-c5ccc(-c6ccc(-c7ncnc8c7sc7nc9ccccc9cc78)cc6)cc5)c4)n3)cc2)cc1. The van der Waals surface area contributed by atoms with Gasteiger partial charge in [-0.2, -0.15) is 0 Å². The normalized spacial score (nSPS) is 11.4. The van der Waals surface area contributed by atoms with E-state index < -0.39 is 0 Å². The van der Waals surface area contributed by atoms with Gasteiger partial charge in [0.25, 0.3) is 0 Å². The predicted molar refractivity (Wildman–Crippen MR) is 242 cm³/mol. The molecule has 0 fully saturated rings. The first-order valence-electron chi connectivity index (χ1n) is 19.4. The van der Waals surface area contributed by atoms with Crippen molar-refractivity contribution in [3.63, 3.8) is 0 Å². The van der Waals surface area contributed by atoms with Crippen LogP contribution in [0.25, 0.3) is 110 Å². The first-order chi connectivity index (χ1) is 29.2. The molecule has 0 amide bonds.